The smallest absolute Gasteiger partial charge is 0.248 e. The maximum Gasteiger partial charge on any atom is 0.248 e. The number of anilines is 2. The molecular weight excluding hydrogens is 659 g/mol. The van der Waals surface area contributed by atoms with Crippen molar-refractivity contribution in [2.45, 2.75) is 52.8 Å². The highest BCUT2D eigenvalue weighted by atomic mass is 28.3. The Morgan fingerprint density at radius 2 is 1.44 bits per heavy atom. The Balaban J connectivity index is 1.17. The molecule has 7 heteroatoms. The number of methoxy groups -OCH3 is 1. The number of fused-ring (bicyclic) bond motifs is 1. The van der Waals surface area contributed by atoms with E-state index in [1.807, 2.05) is 66.7 Å². The molecular formula is C45H50N3O3Si. The number of H-pyrrole nitrogens is 1. The third-order valence-electron chi connectivity index (χ3n) is 9.78. The van der Waals surface area contributed by atoms with Crippen molar-refractivity contribution in [2.75, 3.05) is 25.5 Å². The number of nitrogens with one attached hydrogen (secondary N) is 2. The second-order valence-corrected chi connectivity index (χ2v) is 17.2. The summed E-state index contributed by atoms with van der Waals surface area (Å²) < 4.78 is 14.6. The molecule has 6 rings (SSSR count). The topological polar surface area (TPSA) is 66.6 Å². The summed E-state index contributed by atoms with van der Waals surface area (Å²) in [5.74, 6) is 1.79. The van der Waals surface area contributed by atoms with Crippen LogP contribution in [0, 0.1) is 5.41 Å². The highest BCUT2D eigenvalue weighted by Gasteiger charge is 2.31. The van der Waals surface area contributed by atoms with Crippen molar-refractivity contribution in [1.82, 2.24) is 9.55 Å². The van der Waals surface area contributed by atoms with Gasteiger partial charge >= 0.3 is 0 Å². The summed E-state index contributed by atoms with van der Waals surface area (Å²) in [5.41, 5.74) is 8.51. The van der Waals surface area contributed by atoms with E-state index in [0.29, 0.717) is 12.4 Å². The van der Waals surface area contributed by atoms with Gasteiger partial charge in [0, 0.05) is 34.3 Å². The van der Waals surface area contributed by atoms with Crippen molar-refractivity contribution in [3.8, 4) is 22.6 Å². The van der Waals surface area contributed by atoms with E-state index in [2.05, 4.69) is 103 Å². The number of hydrogen-bond acceptors (Lipinski definition) is 5. The van der Waals surface area contributed by atoms with Gasteiger partial charge in [-0.05, 0) is 89.6 Å². The van der Waals surface area contributed by atoms with Gasteiger partial charge in [0.1, 0.15) is 27.1 Å². The molecule has 0 aliphatic carbocycles. The van der Waals surface area contributed by atoms with Gasteiger partial charge in [-0.15, -0.1) is 0 Å². The lowest BCUT2D eigenvalue weighted by Crippen LogP contribution is -2.42. The van der Waals surface area contributed by atoms with Crippen LogP contribution in [-0.2, 0) is 13.0 Å². The zero-order valence-electron chi connectivity index (χ0n) is 31.2. The Kier molecular flexibility index (Phi) is 11.6. The van der Waals surface area contributed by atoms with E-state index in [1.165, 1.54) is 11.1 Å². The number of aromatic amines is 1. The molecule has 52 heavy (non-hydrogen) atoms. The number of nitrogens with zero attached hydrogens (tertiary/aromatic N) is 1. The van der Waals surface area contributed by atoms with Crippen molar-refractivity contribution >= 4 is 31.2 Å². The van der Waals surface area contributed by atoms with Crippen LogP contribution in [0.5, 0.6) is 11.5 Å². The molecule has 6 nitrogen and oxygen atoms in total. The van der Waals surface area contributed by atoms with Crippen LogP contribution in [0.1, 0.15) is 43.4 Å². The van der Waals surface area contributed by atoms with Crippen LogP contribution >= 0.6 is 0 Å². The summed E-state index contributed by atoms with van der Waals surface area (Å²) in [6, 6.07) is 43.3. The summed E-state index contributed by atoms with van der Waals surface area (Å²) >= 11 is 0. The molecule has 2 N–H and O–H groups in total. The van der Waals surface area contributed by atoms with E-state index >= 15 is 0 Å². The molecule has 0 aliphatic rings. The van der Waals surface area contributed by atoms with Gasteiger partial charge < -0.3 is 24.3 Å². The van der Waals surface area contributed by atoms with E-state index in [9.17, 15) is 4.79 Å². The van der Waals surface area contributed by atoms with Gasteiger partial charge in [0.05, 0.1) is 12.6 Å². The summed E-state index contributed by atoms with van der Waals surface area (Å²) in [4.78, 5) is 15.7. The number of rotatable bonds is 14. The van der Waals surface area contributed by atoms with Gasteiger partial charge in [0.2, 0.25) is 5.56 Å². The van der Waals surface area contributed by atoms with Crippen molar-refractivity contribution in [3.63, 3.8) is 0 Å². The van der Waals surface area contributed by atoms with E-state index < -0.39 is 8.96 Å². The highest BCUT2D eigenvalue weighted by Crippen LogP contribution is 2.41. The second-order valence-electron chi connectivity index (χ2n) is 14.7. The number of aromatic nitrogens is 1. The molecule has 0 saturated heterocycles. The fraction of sp³-hybridized carbons (Fsp3) is 0.267. The third-order valence-corrected chi connectivity index (χ3v) is 11.5. The lowest BCUT2D eigenvalue weighted by Gasteiger charge is -2.38. The lowest BCUT2D eigenvalue weighted by atomic mass is 9.75. The first-order chi connectivity index (χ1) is 25.1. The Morgan fingerprint density at radius 3 is 2.12 bits per heavy atom. The molecule has 0 saturated carbocycles. The molecule has 0 fully saturated rings. The van der Waals surface area contributed by atoms with E-state index in [4.69, 9.17) is 9.47 Å². The quantitative estimate of drug-likeness (QED) is 0.110. The molecule has 0 amide bonds. The maximum atomic E-state index is 12.6. The first-order valence-electron chi connectivity index (χ1n) is 18.1. The van der Waals surface area contributed by atoms with Gasteiger partial charge in [-0.2, -0.15) is 0 Å². The molecule has 1 heterocycles. The van der Waals surface area contributed by atoms with E-state index in [0.717, 1.165) is 64.2 Å². The Bertz CT molecular complexity index is 2120. The number of hydrogen-bond donors (Lipinski definition) is 2. The average molecular weight is 709 g/mol. The Hall–Kier alpha value is -5.11. The van der Waals surface area contributed by atoms with Crippen LogP contribution in [0.3, 0.4) is 0 Å². The van der Waals surface area contributed by atoms with Crippen molar-refractivity contribution in [3.05, 3.63) is 154 Å². The van der Waals surface area contributed by atoms with Crippen LogP contribution in [-0.4, -0.2) is 38.7 Å². The zero-order chi connectivity index (χ0) is 36.7. The average Bonchev–Trinajstić information content (AvgIpc) is 3.15. The molecule has 1 radical (unpaired) electrons. The lowest BCUT2D eigenvalue weighted by molar-refractivity contribution is 0.264. The first kappa shape index (κ1) is 36.7. The van der Waals surface area contributed by atoms with Crippen LogP contribution in [0.25, 0.3) is 22.0 Å². The number of pyridine rings is 1. The molecule has 0 unspecified atom stereocenters. The molecule has 0 aliphatic heterocycles. The summed E-state index contributed by atoms with van der Waals surface area (Å²) in [5, 5.41) is 4.63. The minimum atomic E-state index is -0.763. The van der Waals surface area contributed by atoms with Crippen molar-refractivity contribution < 1.29 is 9.47 Å². The van der Waals surface area contributed by atoms with Crippen LogP contribution in [0.4, 0.5) is 11.4 Å². The standard InChI is InChI=1S/C45H50N3O3Si/c1-45(2,3)40(37-22-25-42(44-38(37)23-26-43(49)47-44)51-31-33-13-9-7-10-14-33)30-48(52(5)6)28-27-32-17-19-35(20-18-32)46-36-21-24-41(50-4)39(29-36)34-15-11-8-12-16-34/h7-26,29,40,46H,27-28,30-31H2,1-6H3,(H,47,49)/t40-/m0/s1. The first-order valence-corrected chi connectivity index (χ1v) is 20.5. The van der Waals surface area contributed by atoms with Crippen molar-refractivity contribution in [2.24, 2.45) is 5.41 Å². The fourth-order valence-corrected chi connectivity index (χ4v) is 7.89. The highest BCUT2D eigenvalue weighted by molar-refractivity contribution is 6.52. The molecule has 0 spiro atoms. The summed E-state index contributed by atoms with van der Waals surface area (Å²) in [7, 11) is 0.950. The second kappa shape index (κ2) is 16.5. The van der Waals surface area contributed by atoms with Gasteiger partial charge in [-0.1, -0.05) is 113 Å². The summed E-state index contributed by atoms with van der Waals surface area (Å²) in [6.45, 7) is 14.1. The predicted molar refractivity (Wildman–Crippen MR) is 218 cm³/mol. The largest absolute Gasteiger partial charge is 0.496 e. The maximum absolute atomic E-state index is 12.6. The monoisotopic (exact) mass is 708 g/mol. The molecule has 6 aromatic rings. The molecule has 267 valence electrons. The van der Waals surface area contributed by atoms with Gasteiger partial charge in [-0.3, -0.25) is 4.79 Å². The number of ether oxygens (including phenoxy) is 2. The molecule has 0 bridgehead atoms. The van der Waals surface area contributed by atoms with Crippen LogP contribution in [0.15, 0.2) is 132 Å². The van der Waals surface area contributed by atoms with Crippen molar-refractivity contribution in [1.29, 1.82) is 0 Å². The molecule has 1 aromatic heterocycles. The van der Waals surface area contributed by atoms with Gasteiger partial charge in [-0.25, -0.2) is 0 Å². The molecule has 1 atom stereocenters. The third kappa shape index (κ3) is 9.02. The Labute approximate surface area is 310 Å². The molecule has 5 aromatic carbocycles. The van der Waals surface area contributed by atoms with E-state index in [1.54, 1.807) is 13.2 Å². The Morgan fingerprint density at radius 1 is 0.769 bits per heavy atom. The summed E-state index contributed by atoms with van der Waals surface area (Å²) in [6.07, 6.45) is 0.966. The minimum Gasteiger partial charge on any atom is -0.496 e. The predicted octanol–water partition coefficient (Wildman–Crippen LogP) is 10.5. The van der Waals surface area contributed by atoms with Crippen LogP contribution in [0.2, 0.25) is 13.1 Å². The zero-order valence-corrected chi connectivity index (χ0v) is 32.2. The normalized spacial score (nSPS) is 12.3. The fourth-order valence-electron chi connectivity index (χ4n) is 6.78. The van der Waals surface area contributed by atoms with E-state index in [-0.39, 0.29) is 16.9 Å². The van der Waals surface area contributed by atoms with Gasteiger partial charge in [0.25, 0.3) is 0 Å². The SMILES string of the molecule is COc1ccc(Nc2ccc(CCN(C[C@@H](c3ccc(OCc4ccccc4)c4[nH]c(=O)ccc34)C(C)(C)C)[Si](C)C)cc2)cc1-c1ccccc1. The number of benzene rings is 5. The van der Waals surface area contributed by atoms with Gasteiger partial charge in [0.15, 0.2) is 0 Å². The van der Waals surface area contributed by atoms with Crippen LogP contribution < -0.4 is 20.3 Å². The minimum absolute atomic E-state index is 0.0137.